The van der Waals surface area contributed by atoms with Crippen LogP contribution in [0.1, 0.15) is 271 Å². The van der Waals surface area contributed by atoms with Gasteiger partial charge in [0, 0.05) is 6.42 Å². The van der Waals surface area contributed by atoms with Crippen molar-refractivity contribution in [1.82, 2.24) is 5.32 Å². The molecule has 2 atom stereocenters. The van der Waals surface area contributed by atoms with Crippen LogP contribution >= 0.6 is 0 Å². The average molecular weight is 864 g/mol. The summed E-state index contributed by atoms with van der Waals surface area (Å²) in [4.78, 5) is 12.4. The Labute approximate surface area is 387 Å². The predicted octanol–water partition coefficient (Wildman–Crippen LogP) is 17.8. The van der Waals surface area contributed by atoms with E-state index < -0.39 is 12.1 Å². The second-order valence-corrected chi connectivity index (χ2v) is 18.3. The molecule has 0 aromatic rings. The molecule has 2 unspecified atom stereocenters. The van der Waals surface area contributed by atoms with Gasteiger partial charge in [-0.3, -0.25) is 4.79 Å². The third-order valence-corrected chi connectivity index (χ3v) is 12.1. The first-order chi connectivity index (χ1) is 30.7. The fourth-order valence-corrected chi connectivity index (χ4v) is 7.99. The number of allylic oxidation sites excluding steroid dienone is 11. The number of amides is 1. The Morgan fingerprint density at radius 3 is 1.10 bits per heavy atom. The van der Waals surface area contributed by atoms with Crippen molar-refractivity contribution >= 4 is 5.91 Å². The highest BCUT2D eigenvalue weighted by Crippen LogP contribution is 2.16. The fraction of sp³-hybridized carbons (Fsp3) is 0.776. The van der Waals surface area contributed by atoms with E-state index in [0.29, 0.717) is 6.42 Å². The summed E-state index contributed by atoms with van der Waals surface area (Å²) in [6.07, 6.45) is 76.5. The molecule has 0 rings (SSSR count). The van der Waals surface area contributed by atoms with Crippen molar-refractivity contribution in [1.29, 1.82) is 0 Å². The summed E-state index contributed by atoms with van der Waals surface area (Å²) in [6, 6.07) is -0.644. The lowest BCUT2D eigenvalue weighted by atomic mass is 10.0. The van der Waals surface area contributed by atoms with Gasteiger partial charge >= 0.3 is 0 Å². The Morgan fingerprint density at radius 2 is 0.710 bits per heavy atom. The Hall–Kier alpha value is -2.17. The van der Waals surface area contributed by atoms with Crippen LogP contribution in [0.5, 0.6) is 0 Å². The van der Waals surface area contributed by atoms with Gasteiger partial charge in [0.05, 0.1) is 18.8 Å². The van der Waals surface area contributed by atoms with Crippen molar-refractivity contribution in [3.63, 3.8) is 0 Å². The van der Waals surface area contributed by atoms with E-state index in [9.17, 15) is 15.0 Å². The van der Waals surface area contributed by atoms with Gasteiger partial charge in [0.15, 0.2) is 0 Å². The maximum absolute atomic E-state index is 12.4. The first kappa shape index (κ1) is 59.8. The number of hydrogen-bond acceptors (Lipinski definition) is 3. The van der Waals surface area contributed by atoms with Crippen LogP contribution in [-0.4, -0.2) is 34.9 Å². The number of aliphatic hydroxyl groups excluding tert-OH is 2. The van der Waals surface area contributed by atoms with Crippen LogP contribution in [0.15, 0.2) is 72.9 Å². The number of unbranched alkanes of at least 4 members (excludes halogenated alkanes) is 32. The molecule has 0 spiro atoms. The van der Waals surface area contributed by atoms with Crippen molar-refractivity contribution in [2.75, 3.05) is 6.61 Å². The Morgan fingerprint density at radius 1 is 0.387 bits per heavy atom. The van der Waals surface area contributed by atoms with Crippen molar-refractivity contribution in [2.24, 2.45) is 0 Å². The van der Waals surface area contributed by atoms with Crippen molar-refractivity contribution in [2.45, 2.75) is 283 Å². The number of carbonyl (C=O) groups is 1. The summed E-state index contributed by atoms with van der Waals surface area (Å²) in [5.74, 6) is -0.0781. The zero-order chi connectivity index (χ0) is 44.9. The van der Waals surface area contributed by atoms with E-state index in [4.69, 9.17) is 0 Å². The third-order valence-electron chi connectivity index (χ3n) is 12.1. The first-order valence-electron chi connectivity index (χ1n) is 27.2. The van der Waals surface area contributed by atoms with Gasteiger partial charge in [0.1, 0.15) is 0 Å². The molecule has 0 heterocycles. The molecule has 3 N–H and O–H groups in total. The standard InChI is InChI=1S/C58H105NO3/c1-3-5-7-9-11-13-15-16-17-18-19-20-21-22-23-24-25-26-27-28-29-30-31-32-33-34-35-36-37-38-39-40-41-42-44-46-48-50-52-54-58(62)59-56(55-60)57(61)53-51-49-47-45-43-14-12-10-8-6-4-2/h8,10,15-16,18-19,21-22,43,45,51,53,56-57,60-61H,3-7,9,11-14,17,20,23-42,44,46-50,52,54-55H2,1-2H3,(H,59,62)/b10-8+,16-15-,19-18-,22-21-,45-43+,53-51+. The van der Waals surface area contributed by atoms with E-state index in [1.165, 1.54) is 193 Å². The quantitative estimate of drug-likeness (QED) is 0.0421. The summed E-state index contributed by atoms with van der Waals surface area (Å²) < 4.78 is 0. The number of hydrogen-bond donors (Lipinski definition) is 3. The number of nitrogens with one attached hydrogen (secondary N) is 1. The molecule has 0 aliphatic rings. The summed E-state index contributed by atoms with van der Waals surface area (Å²) in [5.41, 5.74) is 0. The van der Waals surface area contributed by atoms with Gasteiger partial charge in [-0.2, -0.15) is 0 Å². The molecule has 0 saturated heterocycles. The normalized spacial score (nSPS) is 13.4. The lowest BCUT2D eigenvalue weighted by molar-refractivity contribution is -0.123. The summed E-state index contributed by atoms with van der Waals surface area (Å²) in [7, 11) is 0. The average Bonchev–Trinajstić information content (AvgIpc) is 3.28. The Kier molecular flexibility index (Phi) is 51.3. The predicted molar refractivity (Wildman–Crippen MR) is 276 cm³/mol. The lowest BCUT2D eigenvalue weighted by Crippen LogP contribution is -2.45. The zero-order valence-corrected chi connectivity index (χ0v) is 41.4. The van der Waals surface area contributed by atoms with Crippen LogP contribution in [0.2, 0.25) is 0 Å². The number of carbonyl (C=O) groups excluding carboxylic acids is 1. The van der Waals surface area contributed by atoms with Crippen molar-refractivity contribution < 1.29 is 15.0 Å². The molecular weight excluding hydrogens is 759 g/mol. The molecule has 360 valence electrons. The zero-order valence-electron chi connectivity index (χ0n) is 41.4. The Bertz CT molecular complexity index is 1070. The lowest BCUT2D eigenvalue weighted by Gasteiger charge is -2.19. The topological polar surface area (TPSA) is 69.6 Å². The third kappa shape index (κ3) is 48.9. The second-order valence-electron chi connectivity index (χ2n) is 18.3. The van der Waals surface area contributed by atoms with Crippen molar-refractivity contribution in [3.05, 3.63) is 72.9 Å². The second kappa shape index (κ2) is 53.2. The van der Waals surface area contributed by atoms with Gasteiger partial charge in [-0.05, 0) is 77.0 Å². The number of rotatable bonds is 49. The van der Waals surface area contributed by atoms with Gasteiger partial charge in [-0.15, -0.1) is 0 Å². The molecule has 0 aromatic carbocycles. The molecule has 0 aliphatic heterocycles. The Balaban J connectivity index is 3.41. The molecule has 0 aliphatic carbocycles. The number of aliphatic hydroxyl groups is 2. The maximum Gasteiger partial charge on any atom is 0.220 e. The summed E-state index contributed by atoms with van der Waals surface area (Å²) in [5, 5.41) is 22.9. The molecule has 1 amide bonds. The van der Waals surface area contributed by atoms with E-state index >= 15 is 0 Å². The smallest absolute Gasteiger partial charge is 0.220 e. The van der Waals surface area contributed by atoms with Gasteiger partial charge in [-0.1, -0.05) is 260 Å². The largest absolute Gasteiger partial charge is 0.394 e. The molecule has 0 bridgehead atoms. The van der Waals surface area contributed by atoms with Crippen LogP contribution in [-0.2, 0) is 4.79 Å². The molecule has 4 heteroatoms. The van der Waals surface area contributed by atoms with E-state index in [1.54, 1.807) is 6.08 Å². The minimum atomic E-state index is -0.869. The van der Waals surface area contributed by atoms with Gasteiger partial charge in [-0.25, -0.2) is 0 Å². The van der Waals surface area contributed by atoms with Gasteiger partial charge in [0.25, 0.3) is 0 Å². The molecule has 4 nitrogen and oxygen atoms in total. The highest BCUT2D eigenvalue weighted by molar-refractivity contribution is 5.76. The van der Waals surface area contributed by atoms with Crippen LogP contribution in [0.3, 0.4) is 0 Å². The van der Waals surface area contributed by atoms with Crippen LogP contribution in [0.25, 0.3) is 0 Å². The minimum absolute atomic E-state index is 0.0781. The molecule has 0 fully saturated rings. The highest BCUT2D eigenvalue weighted by atomic mass is 16.3. The molecule has 0 radical (unpaired) electrons. The van der Waals surface area contributed by atoms with Crippen LogP contribution < -0.4 is 5.32 Å². The minimum Gasteiger partial charge on any atom is -0.394 e. The molecule has 0 saturated carbocycles. The van der Waals surface area contributed by atoms with E-state index in [0.717, 1.165) is 57.8 Å². The van der Waals surface area contributed by atoms with Crippen LogP contribution in [0.4, 0.5) is 0 Å². The first-order valence-corrected chi connectivity index (χ1v) is 27.2. The monoisotopic (exact) mass is 864 g/mol. The summed E-state index contributed by atoms with van der Waals surface area (Å²) in [6.45, 7) is 4.21. The fourth-order valence-electron chi connectivity index (χ4n) is 7.99. The van der Waals surface area contributed by atoms with Crippen LogP contribution in [0, 0.1) is 0 Å². The molecular formula is C58H105NO3. The highest BCUT2D eigenvalue weighted by Gasteiger charge is 2.17. The van der Waals surface area contributed by atoms with E-state index in [2.05, 4.69) is 79.9 Å². The van der Waals surface area contributed by atoms with Gasteiger partial charge < -0.3 is 15.5 Å². The summed E-state index contributed by atoms with van der Waals surface area (Å²) >= 11 is 0. The van der Waals surface area contributed by atoms with Gasteiger partial charge in [0.2, 0.25) is 5.91 Å². The molecule has 0 aromatic heterocycles. The maximum atomic E-state index is 12.4. The van der Waals surface area contributed by atoms with Crippen molar-refractivity contribution in [3.8, 4) is 0 Å². The SMILES string of the molecule is CCC/C=C/CC/C=C/CC/C=C/C(O)C(CO)NC(=O)CCCCCCCCCCCCCCCCCCCCCCCCCC/C=C\C/C=C\C/C=C\CCCCCCC. The molecule has 62 heavy (non-hydrogen) atoms. The van der Waals surface area contributed by atoms with E-state index in [1.807, 2.05) is 6.08 Å². The van der Waals surface area contributed by atoms with E-state index in [-0.39, 0.29) is 12.5 Å².